The Hall–Kier alpha value is -3.16. The van der Waals surface area contributed by atoms with E-state index in [0.29, 0.717) is 19.0 Å². The minimum atomic E-state index is -0.214. The van der Waals surface area contributed by atoms with E-state index in [1.54, 1.807) is 25.4 Å². The minimum Gasteiger partial charge on any atom is -0.369 e. The molecule has 170 valence electrons. The van der Waals surface area contributed by atoms with Crippen LogP contribution in [0.2, 0.25) is 0 Å². The van der Waals surface area contributed by atoms with Crippen LogP contribution in [-0.2, 0) is 16.8 Å². The van der Waals surface area contributed by atoms with Crippen molar-refractivity contribution in [2.45, 2.75) is 37.6 Å². The van der Waals surface area contributed by atoms with Crippen LogP contribution >= 0.6 is 0 Å². The normalized spacial score (nSPS) is 18.3. The van der Waals surface area contributed by atoms with Crippen LogP contribution in [0.25, 0.3) is 0 Å². The lowest BCUT2D eigenvalue weighted by atomic mass is 9.96. The smallest absolute Gasteiger partial charge is 0.220 e. The molecule has 1 amide bonds. The number of halogens is 1. The number of piperidine rings is 1. The monoisotopic (exact) mass is 438 g/mol. The summed E-state index contributed by atoms with van der Waals surface area (Å²) >= 11 is 0. The molecule has 32 heavy (non-hydrogen) atoms. The lowest BCUT2D eigenvalue weighted by molar-refractivity contribution is -0.122. The van der Waals surface area contributed by atoms with Gasteiger partial charge in [-0.1, -0.05) is 18.2 Å². The van der Waals surface area contributed by atoms with Crippen LogP contribution in [0.1, 0.15) is 36.8 Å². The van der Waals surface area contributed by atoms with Gasteiger partial charge in [-0.3, -0.25) is 9.79 Å². The minimum absolute atomic E-state index is 0.0239. The van der Waals surface area contributed by atoms with Crippen LogP contribution in [0.4, 0.5) is 10.2 Å². The largest absolute Gasteiger partial charge is 0.369 e. The number of guanidine groups is 1. The molecule has 8 heteroatoms. The van der Waals surface area contributed by atoms with Crippen LogP contribution in [0.15, 0.2) is 47.6 Å². The molecule has 1 saturated heterocycles. The lowest BCUT2D eigenvalue weighted by Gasteiger charge is -2.32. The third-order valence-corrected chi connectivity index (χ3v) is 6.62. The molecule has 0 unspecified atom stereocenters. The van der Waals surface area contributed by atoms with Gasteiger partial charge in [0.05, 0.1) is 0 Å². The third-order valence-electron chi connectivity index (χ3n) is 6.62. The van der Waals surface area contributed by atoms with E-state index in [0.717, 1.165) is 55.7 Å². The van der Waals surface area contributed by atoms with E-state index in [4.69, 9.17) is 5.73 Å². The van der Waals surface area contributed by atoms with E-state index in [1.165, 1.54) is 6.07 Å². The van der Waals surface area contributed by atoms with Gasteiger partial charge in [-0.2, -0.15) is 0 Å². The second-order valence-corrected chi connectivity index (χ2v) is 8.72. The summed E-state index contributed by atoms with van der Waals surface area (Å²) in [7, 11) is 1.75. The predicted molar refractivity (Wildman–Crippen MR) is 124 cm³/mol. The number of hydrogen-bond donors (Lipinski definition) is 3. The number of pyridine rings is 1. The molecule has 1 aromatic carbocycles. The maximum absolute atomic E-state index is 13.7. The van der Waals surface area contributed by atoms with E-state index < -0.39 is 0 Å². The van der Waals surface area contributed by atoms with Crippen molar-refractivity contribution in [3.05, 3.63) is 59.5 Å². The van der Waals surface area contributed by atoms with Crippen LogP contribution in [0.3, 0.4) is 0 Å². The Morgan fingerprint density at radius 1 is 1.25 bits per heavy atom. The fourth-order valence-electron chi connectivity index (χ4n) is 4.42. The molecule has 1 saturated carbocycles. The molecule has 0 spiro atoms. The molecule has 4 rings (SSSR count). The molecule has 7 nitrogen and oxygen atoms in total. The Bertz CT molecular complexity index is 982. The summed E-state index contributed by atoms with van der Waals surface area (Å²) in [6.07, 6.45) is 5.37. The summed E-state index contributed by atoms with van der Waals surface area (Å²) in [5, 5.41) is 6.79. The number of carbonyl (C=O) groups excluding carboxylic acids is 1. The van der Waals surface area contributed by atoms with Crippen molar-refractivity contribution in [2.75, 3.05) is 31.6 Å². The second kappa shape index (κ2) is 9.54. The first-order valence-electron chi connectivity index (χ1n) is 11.2. The Kier molecular flexibility index (Phi) is 6.58. The van der Waals surface area contributed by atoms with Gasteiger partial charge in [-0.15, -0.1) is 0 Å². The fourth-order valence-corrected chi connectivity index (χ4v) is 4.42. The second-order valence-electron chi connectivity index (χ2n) is 8.72. The van der Waals surface area contributed by atoms with Gasteiger partial charge < -0.3 is 21.3 Å². The van der Waals surface area contributed by atoms with E-state index in [1.807, 2.05) is 12.1 Å². The van der Waals surface area contributed by atoms with Crippen molar-refractivity contribution < 1.29 is 9.18 Å². The van der Waals surface area contributed by atoms with Gasteiger partial charge in [-0.05, 0) is 49.4 Å². The summed E-state index contributed by atoms with van der Waals surface area (Å²) in [5.41, 5.74) is 7.54. The number of nitrogens with one attached hydrogen (secondary N) is 2. The highest BCUT2D eigenvalue weighted by molar-refractivity contribution is 5.80. The molecule has 2 aliphatic rings. The number of nitrogens with two attached hydrogens (primary N) is 1. The first-order chi connectivity index (χ1) is 15.5. The molecule has 0 bridgehead atoms. The Morgan fingerprint density at radius 3 is 2.69 bits per heavy atom. The molecular formula is C24H31FN6O. The highest BCUT2D eigenvalue weighted by Gasteiger charge is 2.44. The van der Waals surface area contributed by atoms with Gasteiger partial charge in [0.2, 0.25) is 5.91 Å². The number of benzene rings is 1. The highest BCUT2D eigenvalue weighted by Crippen LogP contribution is 2.47. The summed E-state index contributed by atoms with van der Waals surface area (Å²) in [4.78, 5) is 22.6. The van der Waals surface area contributed by atoms with E-state index in [9.17, 15) is 9.18 Å². The Labute approximate surface area is 188 Å². The van der Waals surface area contributed by atoms with Crippen LogP contribution in [0.5, 0.6) is 0 Å². The number of carbonyl (C=O) groups is 1. The molecule has 2 heterocycles. The van der Waals surface area contributed by atoms with Gasteiger partial charge in [0.15, 0.2) is 5.96 Å². The molecule has 0 radical (unpaired) electrons. The van der Waals surface area contributed by atoms with E-state index in [2.05, 4.69) is 31.6 Å². The molecular weight excluding hydrogens is 407 g/mol. The van der Waals surface area contributed by atoms with Gasteiger partial charge in [0.25, 0.3) is 0 Å². The number of aromatic nitrogens is 1. The molecule has 4 N–H and O–H groups in total. The van der Waals surface area contributed by atoms with Crippen LogP contribution < -0.4 is 21.3 Å². The first kappa shape index (κ1) is 22.0. The number of amides is 1. The summed E-state index contributed by atoms with van der Waals surface area (Å²) in [5.74, 6) is 1.17. The zero-order valence-electron chi connectivity index (χ0n) is 18.5. The van der Waals surface area contributed by atoms with Crippen molar-refractivity contribution in [1.82, 2.24) is 15.6 Å². The van der Waals surface area contributed by atoms with Crippen molar-refractivity contribution in [2.24, 2.45) is 16.6 Å². The van der Waals surface area contributed by atoms with Crippen molar-refractivity contribution >= 4 is 17.7 Å². The average molecular weight is 439 g/mol. The quantitative estimate of drug-likeness (QED) is 0.456. The van der Waals surface area contributed by atoms with Gasteiger partial charge in [0, 0.05) is 56.3 Å². The Morgan fingerprint density at radius 2 is 2.03 bits per heavy atom. The van der Waals surface area contributed by atoms with Gasteiger partial charge >= 0.3 is 0 Å². The molecule has 1 aromatic heterocycles. The number of nitrogens with zero attached hydrogens (tertiary/aromatic N) is 3. The SMILES string of the molecule is CN=C(NCc1cccnc1N1CCC(C(N)=O)CC1)NCC1(c2cccc(F)c2)CC1. The molecule has 1 aliphatic carbocycles. The van der Waals surface area contributed by atoms with Gasteiger partial charge in [0.1, 0.15) is 11.6 Å². The van der Waals surface area contributed by atoms with E-state index >= 15 is 0 Å². The number of hydrogen-bond acceptors (Lipinski definition) is 4. The first-order valence-corrected chi connectivity index (χ1v) is 11.2. The maximum atomic E-state index is 13.7. The standard InChI is InChI=1S/C24H31FN6O/c1-27-23(30-16-24(9-10-24)19-5-2-6-20(25)14-19)29-15-18-4-3-11-28-22(18)31-12-7-17(8-13-31)21(26)32/h2-6,11,14,17H,7-10,12-13,15-16H2,1H3,(H2,26,32)(H2,27,29,30). The molecule has 2 aromatic rings. The highest BCUT2D eigenvalue weighted by atomic mass is 19.1. The molecule has 2 fully saturated rings. The van der Waals surface area contributed by atoms with Crippen molar-refractivity contribution in [3.8, 4) is 0 Å². The summed E-state index contributed by atoms with van der Waals surface area (Å²) in [6, 6.07) is 10.9. The summed E-state index contributed by atoms with van der Waals surface area (Å²) in [6.45, 7) is 2.81. The zero-order valence-corrected chi connectivity index (χ0v) is 18.5. The van der Waals surface area contributed by atoms with Crippen LogP contribution in [-0.4, -0.2) is 43.5 Å². The maximum Gasteiger partial charge on any atom is 0.220 e. The number of rotatable bonds is 7. The summed E-state index contributed by atoms with van der Waals surface area (Å²) < 4.78 is 13.7. The fraction of sp³-hybridized carbons (Fsp3) is 0.458. The zero-order chi connectivity index (χ0) is 22.6. The van der Waals surface area contributed by atoms with Crippen molar-refractivity contribution in [3.63, 3.8) is 0 Å². The van der Waals surface area contributed by atoms with Gasteiger partial charge in [-0.25, -0.2) is 9.37 Å². The molecule has 0 atom stereocenters. The number of aliphatic imine (C=N–C) groups is 1. The van der Waals surface area contributed by atoms with E-state index in [-0.39, 0.29) is 23.1 Å². The lowest BCUT2D eigenvalue weighted by Crippen LogP contribution is -2.42. The molecule has 1 aliphatic heterocycles. The Balaban J connectivity index is 1.35. The van der Waals surface area contributed by atoms with Crippen LogP contribution in [0, 0.1) is 11.7 Å². The average Bonchev–Trinajstić information content (AvgIpc) is 3.61. The third kappa shape index (κ3) is 5.00. The predicted octanol–water partition coefficient (Wildman–Crippen LogP) is 2.32. The number of anilines is 1. The topological polar surface area (TPSA) is 95.6 Å². The number of primary amides is 1. The van der Waals surface area contributed by atoms with Crippen molar-refractivity contribution in [1.29, 1.82) is 0 Å².